The Morgan fingerprint density at radius 2 is 2.09 bits per heavy atom. The molecule has 0 radical (unpaired) electrons. The molecular formula is C13H19ClFN3O3S. The second kappa shape index (κ2) is 7.26. The molecule has 1 aliphatic rings. The first-order valence-corrected chi connectivity index (χ1v) is 8.47. The maximum Gasteiger partial charge on any atom is 0.251 e. The minimum atomic E-state index is -3.61. The Labute approximate surface area is 135 Å². The molecule has 1 aromatic carbocycles. The molecule has 1 atom stereocenters. The standard InChI is InChI=1S/C13H18FN3O3S.ClH/c1-21(19,20)17-11-6-9(4-5-10(11)14)13(18)16-12(7-15)8-2-3-8;/h4-6,8,12,17H,2-3,7,15H2,1H3,(H,16,18);1H. The fourth-order valence-electron chi connectivity index (χ4n) is 2.06. The van der Waals surface area contributed by atoms with Crippen LogP contribution in [0, 0.1) is 11.7 Å². The fraction of sp³-hybridized carbons (Fsp3) is 0.462. The van der Waals surface area contributed by atoms with E-state index in [4.69, 9.17) is 5.73 Å². The molecule has 1 fully saturated rings. The third kappa shape index (κ3) is 5.11. The third-order valence-corrected chi connectivity index (χ3v) is 3.88. The predicted octanol–water partition coefficient (Wildman–Crippen LogP) is 1.09. The number of anilines is 1. The average molecular weight is 352 g/mol. The lowest BCUT2D eigenvalue weighted by Crippen LogP contribution is -2.41. The van der Waals surface area contributed by atoms with Gasteiger partial charge in [0, 0.05) is 18.2 Å². The number of carbonyl (C=O) groups is 1. The topological polar surface area (TPSA) is 101 Å². The van der Waals surface area contributed by atoms with Crippen molar-refractivity contribution in [1.29, 1.82) is 0 Å². The van der Waals surface area contributed by atoms with Gasteiger partial charge in [-0.1, -0.05) is 0 Å². The zero-order valence-electron chi connectivity index (χ0n) is 12.0. The monoisotopic (exact) mass is 351 g/mol. The molecule has 4 N–H and O–H groups in total. The van der Waals surface area contributed by atoms with Crippen molar-refractivity contribution < 1.29 is 17.6 Å². The number of sulfonamides is 1. The SMILES string of the molecule is CS(=O)(=O)Nc1cc(C(=O)NC(CN)C2CC2)ccc1F.Cl. The van der Waals surface area contributed by atoms with Crippen molar-refractivity contribution in [2.75, 3.05) is 17.5 Å². The van der Waals surface area contributed by atoms with Crippen LogP contribution in [0.25, 0.3) is 0 Å². The summed E-state index contributed by atoms with van der Waals surface area (Å²) in [5.41, 5.74) is 5.54. The van der Waals surface area contributed by atoms with Crippen LogP contribution in [0.4, 0.5) is 10.1 Å². The highest BCUT2D eigenvalue weighted by Gasteiger charge is 2.31. The van der Waals surface area contributed by atoms with Gasteiger partial charge in [0.1, 0.15) is 5.82 Å². The first-order valence-electron chi connectivity index (χ1n) is 6.58. The molecular weight excluding hydrogens is 333 g/mol. The quantitative estimate of drug-likeness (QED) is 0.714. The van der Waals surface area contributed by atoms with Crippen molar-refractivity contribution in [3.05, 3.63) is 29.6 Å². The zero-order chi connectivity index (χ0) is 15.6. The first kappa shape index (κ1) is 18.7. The van der Waals surface area contributed by atoms with E-state index in [0.29, 0.717) is 12.5 Å². The van der Waals surface area contributed by atoms with Crippen LogP contribution in [0.3, 0.4) is 0 Å². The van der Waals surface area contributed by atoms with E-state index in [0.717, 1.165) is 25.2 Å². The number of carbonyl (C=O) groups excluding carboxylic acids is 1. The molecule has 0 bridgehead atoms. The summed E-state index contributed by atoms with van der Waals surface area (Å²) in [6.07, 6.45) is 2.98. The molecule has 1 amide bonds. The highest BCUT2D eigenvalue weighted by molar-refractivity contribution is 7.92. The van der Waals surface area contributed by atoms with Gasteiger partial charge < -0.3 is 11.1 Å². The van der Waals surface area contributed by atoms with Crippen LogP contribution in [0.1, 0.15) is 23.2 Å². The number of amides is 1. The van der Waals surface area contributed by atoms with Crippen LogP contribution in [0.15, 0.2) is 18.2 Å². The van der Waals surface area contributed by atoms with E-state index in [2.05, 4.69) is 5.32 Å². The Morgan fingerprint density at radius 1 is 1.45 bits per heavy atom. The Kier molecular flexibility index (Phi) is 6.16. The second-order valence-electron chi connectivity index (χ2n) is 5.22. The molecule has 6 nitrogen and oxygen atoms in total. The van der Waals surface area contributed by atoms with Gasteiger partial charge in [-0.2, -0.15) is 0 Å². The molecule has 124 valence electrons. The van der Waals surface area contributed by atoms with Crippen LogP contribution >= 0.6 is 12.4 Å². The van der Waals surface area contributed by atoms with Crippen molar-refractivity contribution in [2.24, 2.45) is 11.7 Å². The summed E-state index contributed by atoms with van der Waals surface area (Å²) in [4.78, 5) is 12.1. The molecule has 0 aromatic heterocycles. The number of nitrogens with two attached hydrogens (primary N) is 1. The van der Waals surface area contributed by atoms with Gasteiger partial charge >= 0.3 is 0 Å². The fourth-order valence-corrected chi connectivity index (χ4v) is 2.62. The lowest BCUT2D eigenvalue weighted by Gasteiger charge is -2.16. The van der Waals surface area contributed by atoms with E-state index < -0.39 is 21.7 Å². The number of nitrogens with one attached hydrogen (secondary N) is 2. The Hall–Kier alpha value is -1.38. The van der Waals surface area contributed by atoms with Gasteiger partial charge in [0.05, 0.1) is 11.9 Å². The summed E-state index contributed by atoms with van der Waals surface area (Å²) < 4.78 is 37.9. The summed E-state index contributed by atoms with van der Waals surface area (Å²) >= 11 is 0. The Balaban J connectivity index is 0.00000242. The lowest BCUT2D eigenvalue weighted by atomic mass is 10.1. The second-order valence-corrected chi connectivity index (χ2v) is 6.97. The molecule has 1 aromatic rings. The minimum absolute atomic E-state index is 0. The number of halogens is 2. The van der Waals surface area contributed by atoms with Crippen molar-refractivity contribution in [1.82, 2.24) is 5.32 Å². The first-order chi connectivity index (χ1) is 9.80. The summed E-state index contributed by atoms with van der Waals surface area (Å²) in [5.74, 6) is -0.739. The van der Waals surface area contributed by atoms with E-state index >= 15 is 0 Å². The van der Waals surface area contributed by atoms with Gasteiger partial charge in [0.2, 0.25) is 10.0 Å². The van der Waals surface area contributed by atoms with Crippen molar-refractivity contribution in [3.63, 3.8) is 0 Å². The van der Waals surface area contributed by atoms with Crippen molar-refractivity contribution in [2.45, 2.75) is 18.9 Å². The third-order valence-electron chi connectivity index (χ3n) is 3.29. The molecule has 1 unspecified atom stereocenters. The minimum Gasteiger partial charge on any atom is -0.348 e. The summed E-state index contributed by atoms with van der Waals surface area (Å²) in [7, 11) is -3.61. The van der Waals surface area contributed by atoms with E-state index in [-0.39, 0.29) is 29.7 Å². The molecule has 9 heteroatoms. The summed E-state index contributed by atoms with van der Waals surface area (Å²) in [6.45, 7) is 0.339. The highest BCUT2D eigenvalue weighted by Crippen LogP contribution is 2.32. The average Bonchev–Trinajstić information content (AvgIpc) is 3.21. The summed E-state index contributed by atoms with van der Waals surface area (Å²) in [5, 5.41) is 2.79. The Morgan fingerprint density at radius 3 is 2.59 bits per heavy atom. The maximum atomic E-state index is 13.6. The highest BCUT2D eigenvalue weighted by atomic mass is 35.5. The molecule has 0 spiro atoms. The van der Waals surface area contributed by atoms with Gasteiger partial charge in [-0.15, -0.1) is 12.4 Å². The van der Waals surface area contributed by atoms with Crippen LogP contribution in [0.5, 0.6) is 0 Å². The van der Waals surface area contributed by atoms with Crippen molar-refractivity contribution in [3.8, 4) is 0 Å². The normalized spacial score (nSPS) is 15.6. The molecule has 0 saturated heterocycles. The van der Waals surface area contributed by atoms with Crippen LogP contribution in [-0.4, -0.2) is 33.2 Å². The van der Waals surface area contributed by atoms with Gasteiger partial charge in [0.15, 0.2) is 0 Å². The predicted molar refractivity (Wildman–Crippen MR) is 85.1 cm³/mol. The molecule has 0 heterocycles. The molecule has 1 saturated carbocycles. The smallest absolute Gasteiger partial charge is 0.251 e. The maximum absolute atomic E-state index is 13.6. The van der Waals surface area contributed by atoms with Crippen LogP contribution in [0.2, 0.25) is 0 Å². The molecule has 2 rings (SSSR count). The Bertz CT molecular complexity index is 650. The molecule has 22 heavy (non-hydrogen) atoms. The number of rotatable bonds is 6. The van der Waals surface area contributed by atoms with E-state index in [1.165, 1.54) is 12.1 Å². The van der Waals surface area contributed by atoms with Gasteiger partial charge in [-0.25, -0.2) is 12.8 Å². The van der Waals surface area contributed by atoms with E-state index in [9.17, 15) is 17.6 Å². The van der Waals surface area contributed by atoms with Gasteiger partial charge in [0.25, 0.3) is 5.91 Å². The molecule has 0 aliphatic heterocycles. The van der Waals surface area contributed by atoms with E-state index in [1.54, 1.807) is 0 Å². The van der Waals surface area contributed by atoms with Gasteiger partial charge in [-0.3, -0.25) is 9.52 Å². The zero-order valence-corrected chi connectivity index (χ0v) is 13.6. The molecule has 1 aliphatic carbocycles. The largest absolute Gasteiger partial charge is 0.348 e. The van der Waals surface area contributed by atoms with Crippen LogP contribution in [-0.2, 0) is 10.0 Å². The van der Waals surface area contributed by atoms with Gasteiger partial charge in [-0.05, 0) is 37.0 Å². The number of hydrogen-bond donors (Lipinski definition) is 3. The lowest BCUT2D eigenvalue weighted by molar-refractivity contribution is 0.0933. The van der Waals surface area contributed by atoms with Crippen molar-refractivity contribution >= 4 is 34.0 Å². The number of hydrogen-bond acceptors (Lipinski definition) is 4. The number of benzene rings is 1. The summed E-state index contributed by atoms with van der Waals surface area (Å²) in [6, 6.07) is 3.43. The van der Waals surface area contributed by atoms with Crippen LogP contribution < -0.4 is 15.8 Å². The van der Waals surface area contributed by atoms with E-state index in [1.807, 2.05) is 4.72 Å².